The number of hydrogen-bond donors (Lipinski definition) is 2. The molecule has 0 radical (unpaired) electrons. The van der Waals surface area contributed by atoms with Crippen molar-refractivity contribution in [1.82, 2.24) is 14.0 Å². The zero-order chi connectivity index (χ0) is 12.3. The van der Waals surface area contributed by atoms with Gasteiger partial charge in [-0.3, -0.25) is 23.6 Å². The van der Waals surface area contributed by atoms with Gasteiger partial charge in [0.2, 0.25) is 11.8 Å². The van der Waals surface area contributed by atoms with Crippen LogP contribution < -0.4 is 8.96 Å². The molecule has 2 amide bonds. The van der Waals surface area contributed by atoms with E-state index in [1.54, 1.807) is 29.9 Å². The number of rotatable bonds is 3. The van der Waals surface area contributed by atoms with Gasteiger partial charge in [0.1, 0.15) is 11.4 Å². The van der Waals surface area contributed by atoms with Gasteiger partial charge >= 0.3 is 0 Å². The van der Waals surface area contributed by atoms with Crippen molar-refractivity contribution in [3.8, 4) is 0 Å². The van der Waals surface area contributed by atoms with Crippen LogP contribution in [-0.2, 0) is 9.59 Å². The maximum atomic E-state index is 11.4. The van der Waals surface area contributed by atoms with Crippen LogP contribution >= 0.6 is 35.1 Å². The van der Waals surface area contributed by atoms with Crippen molar-refractivity contribution in [3.63, 3.8) is 0 Å². The van der Waals surface area contributed by atoms with Gasteiger partial charge in [-0.05, 0) is 12.8 Å². The van der Waals surface area contributed by atoms with Crippen LogP contribution in [0.3, 0.4) is 0 Å². The molecule has 1 saturated carbocycles. The Balaban J connectivity index is 2.39. The molecule has 0 aliphatic heterocycles. The van der Waals surface area contributed by atoms with Crippen molar-refractivity contribution in [2.24, 2.45) is 5.41 Å². The van der Waals surface area contributed by atoms with Gasteiger partial charge in [-0.15, -0.1) is 0 Å². The predicted octanol–water partition coefficient (Wildman–Crippen LogP) is 0.933. The van der Waals surface area contributed by atoms with Gasteiger partial charge in [0.05, 0.1) is 22.9 Å². The number of nitrogens with zero attached hydrogens (tertiary/aromatic N) is 1. The second kappa shape index (κ2) is 5.26. The number of nitrogens with one attached hydrogen (secondary N) is 2. The lowest BCUT2D eigenvalue weighted by Crippen LogP contribution is -2.46. The maximum absolute atomic E-state index is 11.4. The molecule has 16 heavy (non-hydrogen) atoms. The van der Waals surface area contributed by atoms with Gasteiger partial charge in [-0.25, -0.2) is 0 Å². The molecule has 5 nitrogen and oxygen atoms in total. The van der Waals surface area contributed by atoms with E-state index in [-0.39, 0.29) is 23.7 Å². The first kappa shape index (κ1) is 13.6. The molecule has 0 bridgehead atoms. The van der Waals surface area contributed by atoms with Crippen LogP contribution in [0.25, 0.3) is 0 Å². The molecular weight excluding hydrogens is 341 g/mol. The molecule has 0 aromatic carbocycles. The van der Waals surface area contributed by atoms with Crippen LogP contribution in [0, 0.1) is 5.41 Å². The molecular formula is C9H14IN3O2S. The molecule has 0 aromatic heterocycles. The number of carbonyl (C=O) groups is 2. The highest BCUT2D eigenvalue weighted by Crippen LogP contribution is 2.46. The van der Waals surface area contributed by atoms with Crippen LogP contribution in [0.2, 0.25) is 0 Å². The average molecular weight is 355 g/mol. The van der Waals surface area contributed by atoms with Crippen molar-refractivity contribution >= 4 is 51.9 Å². The Morgan fingerprint density at radius 3 is 2.44 bits per heavy atom. The van der Waals surface area contributed by atoms with E-state index in [1.807, 2.05) is 0 Å². The molecule has 1 fully saturated rings. The lowest BCUT2D eigenvalue weighted by atomic mass is 10.1. The quantitative estimate of drug-likeness (QED) is 0.260. The molecule has 0 unspecified atom stereocenters. The molecule has 7 heteroatoms. The Kier molecular flexibility index (Phi) is 4.48. The number of carbonyl (C=O) groups excluding carboxylic acids is 2. The Hall–Kier alpha value is -0.440. The molecule has 0 heterocycles. The smallest absolute Gasteiger partial charge is 0.247 e. The summed E-state index contributed by atoms with van der Waals surface area (Å²) < 4.78 is 2.36. The zero-order valence-electron chi connectivity index (χ0n) is 9.17. The molecule has 1 rings (SSSR count). The molecule has 1 aliphatic carbocycles. The van der Waals surface area contributed by atoms with E-state index in [2.05, 4.69) is 15.9 Å². The van der Waals surface area contributed by atoms with Crippen molar-refractivity contribution in [2.75, 3.05) is 7.05 Å². The molecule has 90 valence electrons. The fourth-order valence-electron chi connectivity index (χ4n) is 1.26. The minimum atomic E-state index is -0.358. The number of hydrazine groups is 1. The van der Waals surface area contributed by atoms with Crippen LogP contribution in [0.15, 0.2) is 0 Å². The summed E-state index contributed by atoms with van der Waals surface area (Å²) >= 11 is 6.94. The number of thiocarbonyl (C=S) groups is 1. The van der Waals surface area contributed by atoms with Crippen LogP contribution in [-0.4, -0.2) is 28.9 Å². The van der Waals surface area contributed by atoms with Crippen LogP contribution in [0.1, 0.15) is 26.2 Å². The maximum Gasteiger partial charge on any atom is 0.247 e. The molecule has 2 N–H and O–H groups in total. The van der Waals surface area contributed by atoms with Crippen LogP contribution in [0.4, 0.5) is 0 Å². The first-order valence-corrected chi connectivity index (χ1v) is 6.35. The van der Waals surface area contributed by atoms with E-state index >= 15 is 0 Å². The van der Waals surface area contributed by atoms with E-state index in [1.165, 1.54) is 5.01 Å². The molecule has 0 atom stereocenters. The number of amides is 2. The SMILES string of the molecule is CN(NC(=O)CC(=O)NI)C(=S)C1(C)CC1. The highest BCUT2D eigenvalue weighted by molar-refractivity contribution is 14.1. The Labute approximate surface area is 114 Å². The van der Waals surface area contributed by atoms with Gasteiger partial charge in [0.25, 0.3) is 0 Å². The van der Waals surface area contributed by atoms with Crippen molar-refractivity contribution in [1.29, 1.82) is 0 Å². The van der Waals surface area contributed by atoms with E-state index in [0.717, 1.165) is 17.8 Å². The Morgan fingerprint density at radius 2 is 2.00 bits per heavy atom. The highest BCUT2D eigenvalue weighted by Gasteiger charge is 2.43. The van der Waals surface area contributed by atoms with Crippen molar-refractivity contribution in [3.05, 3.63) is 0 Å². The van der Waals surface area contributed by atoms with Gasteiger partial charge in [-0.2, -0.15) is 0 Å². The fourth-order valence-corrected chi connectivity index (χ4v) is 1.70. The monoisotopic (exact) mass is 355 g/mol. The van der Waals surface area contributed by atoms with Gasteiger partial charge in [0.15, 0.2) is 0 Å². The first-order valence-electron chi connectivity index (χ1n) is 4.86. The second-order valence-corrected chi connectivity index (χ2v) is 5.08. The highest BCUT2D eigenvalue weighted by atomic mass is 127. The minimum Gasteiger partial charge on any atom is -0.298 e. The van der Waals surface area contributed by atoms with Crippen LogP contribution in [0.5, 0.6) is 0 Å². The summed E-state index contributed by atoms with van der Waals surface area (Å²) in [5.41, 5.74) is 2.62. The standard InChI is InChI=1S/C9H14IN3O2S/c1-9(3-4-9)8(16)13(2)12-7(15)5-6(14)11-10/h3-5H2,1-2H3,(H,11,14)(H,12,15). The largest absolute Gasteiger partial charge is 0.298 e. The number of halogens is 1. The van der Waals surface area contributed by atoms with E-state index in [0.29, 0.717) is 0 Å². The zero-order valence-corrected chi connectivity index (χ0v) is 12.1. The summed E-state index contributed by atoms with van der Waals surface area (Å²) in [6.07, 6.45) is 1.92. The first-order chi connectivity index (χ1) is 7.39. The Morgan fingerprint density at radius 1 is 1.44 bits per heavy atom. The molecule has 0 aromatic rings. The van der Waals surface area contributed by atoms with Gasteiger partial charge < -0.3 is 0 Å². The lowest BCUT2D eigenvalue weighted by molar-refractivity contribution is -0.129. The molecule has 0 spiro atoms. The average Bonchev–Trinajstić information content (AvgIpc) is 2.96. The van der Waals surface area contributed by atoms with E-state index in [9.17, 15) is 9.59 Å². The summed E-state index contributed by atoms with van der Waals surface area (Å²) in [5, 5.41) is 1.53. The topological polar surface area (TPSA) is 61.4 Å². The fraction of sp³-hybridized carbons (Fsp3) is 0.667. The van der Waals surface area contributed by atoms with Crippen molar-refractivity contribution in [2.45, 2.75) is 26.2 Å². The van der Waals surface area contributed by atoms with Gasteiger partial charge in [-0.1, -0.05) is 19.1 Å². The van der Waals surface area contributed by atoms with Gasteiger partial charge in [0, 0.05) is 12.5 Å². The minimum absolute atomic E-state index is 0.0445. The summed E-state index contributed by atoms with van der Waals surface area (Å²) in [7, 11) is 1.70. The summed E-state index contributed by atoms with van der Waals surface area (Å²) in [5.74, 6) is -0.682. The lowest BCUT2D eigenvalue weighted by Gasteiger charge is -2.24. The van der Waals surface area contributed by atoms with Crippen molar-refractivity contribution < 1.29 is 9.59 Å². The summed E-state index contributed by atoms with van der Waals surface area (Å²) in [4.78, 5) is 23.1. The van der Waals surface area contributed by atoms with E-state index < -0.39 is 0 Å². The molecule has 1 aliphatic rings. The summed E-state index contributed by atoms with van der Waals surface area (Å²) in [6, 6.07) is 0. The summed E-state index contributed by atoms with van der Waals surface area (Å²) in [6.45, 7) is 2.07. The third kappa shape index (κ3) is 3.55. The van der Waals surface area contributed by atoms with E-state index in [4.69, 9.17) is 12.2 Å². The third-order valence-electron chi connectivity index (χ3n) is 2.54. The molecule has 0 saturated heterocycles. The second-order valence-electron chi connectivity index (χ2n) is 4.15. The normalized spacial score (nSPS) is 16.2. The third-order valence-corrected chi connectivity index (χ3v) is 3.91. The Bertz CT molecular complexity index is 331. The number of hydrogen-bond acceptors (Lipinski definition) is 3. The predicted molar refractivity (Wildman–Crippen MR) is 72.6 cm³/mol.